The number of Topliss-reactive ketones (excluding diaryl/α,β-unsaturated/α-hetero) is 1. The van der Waals surface area contributed by atoms with Crippen molar-refractivity contribution in [3.05, 3.63) is 24.3 Å². The second-order valence-electron chi connectivity index (χ2n) is 10.2. The van der Waals surface area contributed by atoms with Gasteiger partial charge in [-0.25, -0.2) is 0 Å². The number of carbonyl (C=O) groups excluding carboxylic acids is 1. The first kappa shape index (κ1) is 23.5. The van der Waals surface area contributed by atoms with E-state index in [-0.39, 0.29) is 28.8 Å². The van der Waals surface area contributed by atoms with E-state index in [4.69, 9.17) is 13.9 Å². The van der Waals surface area contributed by atoms with Crippen LogP contribution in [0.2, 0.25) is 18.1 Å². The highest BCUT2D eigenvalue weighted by Gasteiger charge is 2.52. The predicted molar refractivity (Wildman–Crippen MR) is 117 cm³/mol. The van der Waals surface area contributed by atoms with Crippen LogP contribution in [0.15, 0.2) is 24.3 Å². The molecule has 0 bridgehead atoms. The number of ketones is 1. The molecular weight excluding hydrogens is 368 g/mol. The molecule has 0 unspecified atom stereocenters. The summed E-state index contributed by atoms with van der Waals surface area (Å²) in [6.07, 6.45) is 10.9. The van der Waals surface area contributed by atoms with Crippen LogP contribution in [-0.4, -0.2) is 38.7 Å². The van der Waals surface area contributed by atoms with Crippen molar-refractivity contribution < 1.29 is 18.7 Å². The van der Waals surface area contributed by atoms with Gasteiger partial charge in [-0.2, -0.15) is 0 Å². The lowest BCUT2D eigenvalue weighted by molar-refractivity contribution is -0.155. The summed E-state index contributed by atoms with van der Waals surface area (Å²) >= 11 is 0. The minimum Gasteiger partial charge on any atom is -0.416 e. The summed E-state index contributed by atoms with van der Waals surface area (Å²) in [5.41, 5.74) is 0. The molecule has 4 atom stereocenters. The van der Waals surface area contributed by atoms with Gasteiger partial charge >= 0.3 is 0 Å². The topological polar surface area (TPSA) is 44.8 Å². The summed E-state index contributed by atoms with van der Waals surface area (Å²) in [6.45, 7) is 17.6. The first-order valence-electron chi connectivity index (χ1n) is 10.7. The molecule has 0 aromatic carbocycles. The van der Waals surface area contributed by atoms with Gasteiger partial charge in [0, 0.05) is 12.5 Å². The fourth-order valence-corrected chi connectivity index (χ4v) is 4.61. The van der Waals surface area contributed by atoms with Gasteiger partial charge in [-0.15, -0.1) is 0 Å². The second-order valence-corrected chi connectivity index (χ2v) is 15.0. The molecule has 1 saturated carbocycles. The molecule has 4 nitrogen and oxygen atoms in total. The Labute approximate surface area is 172 Å². The quantitative estimate of drug-likeness (QED) is 0.403. The molecule has 0 spiro atoms. The van der Waals surface area contributed by atoms with Gasteiger partial charge in [-0.05, 0) is 50.7 Å². The van der Waals surface area contributed by atoms with Crippen LogP contribution in [0.5, 0.6) is 0 Å². The zero-order valence-electron chi connectivity index (χ0n) is 19.1. The Morgan fingerprint density at radius 2 is 1.89 bits per heavy atom. The smallest absolute Gasteiger partial charge is 0.192 e. The molecule has 1 aliphatic carbocycles. The van der Waals surface area contributed by atoms with Crippen molar-refractivity contribution in [2.45, 2.75) is 96.9 Å². The summed E-state index contributed by atoms with van der Waals surface area (Å²) in [7, 11) is -1.92. The summed E-state index contributed by atoms with van der Waals surface area (Å²) in [5, 5.41) is 0.121. The Bertz CT molecular complexity index is 600. The van der Waals surface area contributed by atoms with Gasteiger partial charge in [0.15, 0.2) is 19.9 Å². The van der Waals surface area contributed by atoms with Crippen molar-refractivity contribution in [3.63, 3.8) is 0 Å². The predicted octanol–water partition coefficient (Wildman–Crippen LogP) is 5.65. The van der Waals surface area contributed by atoms with Gasteiger partial charge < -0.3 is 13.9 Å². The van der Waals surface area contributed by atoms with E-state index in [9.17, 15) is 4.79 Å². The molecule has 2 fully saturated rings. The number of hydrogen-bond acceptors (Lipinski definition) is 4. The van der Waals surface area contributed by atoms with Crippen molar-refractivity contribution >= 4 is 14.1 Å². The summed E-state index contributed by atoms with van der Waals surface area (Å²) < 4.78 is 18.4. The number of unbranched alkanes of at least 4 members (excludes halogenated alkanes) is 1. The van der Waals surface area contributed by atoms with Gasteiger partial charge in [0.2, 0.25) is 0 Å². The minimum atomic E-state index is -1.92. The second kappa shape index (κ2) is 8.95. The summed E-state index contributed by atoms with van der Waals surface area (Å²) in [5.74, 6) is -0.631. The molecule has 2 aliphatic rings. The third-order valence-corrected chi connectivity index (χ3v) is 10.8. The van der Waals surface area contributed by atoms with Gasteiger partial charge in [-0.1, -0.05) is 58.4 Å². The molecule has 1 saturated heterocycles. The van der Waals surface area contributed by atoms with Crippen molar-refractivity contribution in [1.82, 2.24) is 0 Å². The highest BCUT2D eigenvalue weighted by molar-refractivity contribution is 6.74. The van der Waals surface area contributed by atoms with Gasteiger partial charge in [0.25, 0.3) is 0 Å². The lowest BCUT2D eigenvalue weighted by Crippen LogP contribution is -2.49. The maximum atomic E-state index is 13.3. The van der Waals surface area contributed by atoms with Crippen LogP contribution in [0.1, 0.15) is 60.8 Å². The monoisotopic (exact) mass is 408 g/mol. The van der Waals surface area contributed by atoms with Crippen LogP contribution in [0.3, 0.4) is 0 Å². The standard InChI is InChI=1S/C23H40O4Si/c1-9-10-11-12-13-14-17-15-19-21(27-23(5,6)26-19)20(24)18(17)16-25-28(7,8)22(2,3)4/h11-14,17-19,21H,9-10,15-16H2,1-8H3/b12-11+,14-13+/t17-,18+,19-,21-/m1/s1. The van der Waals surface area contributed by atoms with E-state index in [1.807, 2.05) is 13.8 Å². The zero-order chi connectivity index (χ0) is 21.2. The Kier molecular flexibility index (Phi) is 7.52. The molecule has 0 aromatic rings. The molecule has 160 valence electrons. The average molecular weight is 409 g/mol. The third-order valence-electron chi connectivity index (χ3n) is 6.34. The van der Waals surface area contributed by atoms with Crippen molar-refractivity contribution in [3.8, 4) is 0 Å². The molecule has 0 aromatic heterocycles. The fraction of sp³-hybridized carbons (Fsp3) is 0.783. The van der Waals surface area contributed by atoms with Crippen LogP contribution < -0.4 is 0 Å². The number of carbonyl (C=O) groups is 1. The van der Waals surface area contributed by atoms with E-state index in [2.05, 4.69) is 65.1 Å². The molecule has 0 radical (unpaired) electrons. The van der Waals surface area contributed by atoms with Crippen molar-refractivity contribution in [2.75, 3.05) is 6.61 Å². The fourth-order valence-electron chi connectivity index (χ4n) is 3.58. The maximum absolute atomic E-state index is 13.3. The zero-order valence-corrected chi connectivity index (χ0v) is 20.1. The lowest BCUT2D eigenvalue weighted by atomic mass is 9.75. The Hall–Kier alpha value is -0.753. The van der Waals surface area contributed by atoms with Crippen LogP contribution in [0, 0.1) is 11.8 Å². The van der Waals surface area contributed by atoms with E-state index >= 15 is 0 Å². The highest BCUT2D eigenvalue weighted by Crippen LogP contribution is 2.42. The van der Waals surface area contributed by atoms with Crippen LogP contribution in [0.25, 0.3) is 0 Å². The van der Waals surface area contributed by atoms with E-state index in [0.29, 0.717) is 6.61 Å². The van der Waals surface area contributed by atoms with Gasteiger partial charge in [-0.3, -0.25) is 4.79 Å². The van der Waals surface area contributed by atoms with Crippen molar-refractivity contribution in [2.24, 2.45) is 11.8 Å². The van der Waals surface area contributed by atoms with Crippen LogP contribution >= 0.6 is 0 Å². The lowest BCUT2D eigenvalue weighted by Gasteiger charge is -2.40. The Morgan fingerprint density at radius 1 is 1.21 bits per heavy atom. The number of allylic oxidation sites excluding steroid dienone is 4. The van der Waals surface area contributed by atoms with E-state index < -0.39 is 20.2 Å². The normalized spacial score (nSPS) is 31.1. The minimum absolute atomic E-state index is 0.113. The summed E-state index contributed by atoms with van der Waals surface area (Å²) in [4.78, 5) is 13.3. The van der Waals surface area contributed by atoms with E-state index in [1.165, 1.54) is 0 Å². The molecular formula is C23H40O4Si. The third kappa shape index (κ3) is 5.65. The SMILES string of the molecule is CCC/C=C/C=C/[C@@H]1C[C@H]2OC(C)(C)O[C@H]2C(=O)[C@H]1CO[Si](C)(C)C(C)(C)C. The van der Waals surface area contributed by atoms with E-state index in [0.717, 1.165) is 19.3 Å². The Balaban J connectivity index is 2.17. The average Bonchev–Trinajstić information content (AvgIpc) is 2.87. The van der Waals surface area contributed by atoms with E-state index in [1.54, 1.807) is 0 Å². The molecule has 28 heavy (non-hydrogen) atoms. The summed E-state index contributed by atoms with van der Waals surface area (Å²) in [6, 6.07) is 0. The van der Waals surface area contributed by atoms with Crippen LogP contribution in [0.4, 0.5) is 0 Å². The highest BCUT2D eigenvalue weighted by atomic mass is 28.4. The number of ether oxygens (including phenoxy) is 2. The number of rotatable bonds is 7. The first-order chi connectivity index (χ1) is 12.9. The number of fused-ring (bicyclic) bond motifs is 1. The molecule has 0 amide bonds. The molecule has 2 rings (SSSR count). The van der Waals surface area contributed by atoms with Crippen molar-refractivity contribution in [1.29, 1.82) is 0 Å². The number of hydrogen-bond donors (Lipinski definition) is 0. The van der Waals surface area contributed by atoms with Gasteiger partial charge in [0.05, 0.1) is 6.10 Å². The van der Waals surface area contributed by atoms with Crippen LogP contribution in [-0.2, 0) is 18.7 Å². The Morgan fingerprint density at radius 3 is 2.50 bits per heavy atom. The maximum Gasteiger partial charge on any atom is 0.192 e. The first-order valence-corrected chi connectivity index (χ1v) is 13.7. The molecule has 1 aliphatic heterocycles. The molecule has 5 heteroatoms. The molecule has 1 heterocycles. The van der Waals surface area contributed by atoms with Gasteiger partial charge in [0.1, 0.15) is 6.10 Å². The molecule has 0 N–H and O–H groups in total. The largest absolute Gasteiger partial charge is 0.416 e.